The van der Waals surface area contributed by atoms with E-state index in [1.807, 2.05) is 7.05 Å². The predicted octanol–water partition coefficient (Wildman–Crippen LogP) is 1.03. The third kappa shape index (κ3) is 6.63. The fourth-order valence-corrected chi connectivity index (χ4v) is 1.67. The molecule has 1 aromatic rings. The Kier molecular flexibility index (Phi) is 7.59. The SMILES string of the molecule is COCCN(C)CCNCC(O)c1ccc(F)cc1. The van der Waals surface area contributed by atoms with Crippen LogP contribution >= 0.6 is 0 Å². The summed E-state index contributed by atoms with van der Waals surface area (Å²) < 4.78 is 17.7. The van der Waals surface area contributed by atoms with Crippen LogP contribution < -0.4 is 5.32 Å². The number of nitrogens with one attached hydrogen (secondary N) is 1. The summed E-state index contributed by atoms with van der Waals surface area (Å²) in [7, 11) is 3.71. The number of likely N-dealkylation sites (N-methyl/N-ethyl adjacent to an activating group) is 1. The van der Waals surface area contributed by atoms with Gasteiger partial charge in [0.2, 0.25) is 0 Å². The van der Waals surface area contributed by atoms with Gasteiger partial charge in [-0.15, -0.1) is 0 Å². The number of aliphatic hydroxyl groups is 1. The lowest BCUT2D eigenvalue weighted by molar-refractivity contribution is 0.156. The first-order valence-corrected chi connectivity index (χ1v) is 6.45. The topological polar surface area (TPSA) is 44.7 Å². The average Bonchev–Trinajstić information content (AvgIpc) is 2.41. The summed E-state index contributed by atoms with van der Waals surface area (Å²) in [5, 5.41) is 13.1. The molecule has 4 nitrogen and oxygen atoms in total. The lowest BCUT2D eigenvalue weighted by Crippen LogP contribution is -2.33. The first-order chi connectivity index (χ1) is 9.13. The van der Waals surface area contributed by atoms with Crippen molar-refractivity contribution in [3.8, 4) is 0 Å². The zero-order chi connectivity index (χ0) is 14.1. The lowest BCUT2D eigenvalue weighted by atomic mass is 10.1. The minimum Gasteiger partial charge on any atom is -0.387 e. The van der Waals surface area contributed by atoms with Crippen molar-refractivity contribution in [2.24, 2.45) is 0 Å². The van der Waals surface area contributed by atoms with Crippen LogP contribution in [-0.4, -0.2) is 56.9 Å². The van der Waals surface area contributed by atoms with Gasteiger partial charge in [0.1, 0.15) is 5.82 Å². The molecule has 5 heteroatoms. The van der Waals surface area contributed by atoms with E-state index in [1.54, 1.807) is 19.2 Å². The fourth-order valence-electron chi connectivity index (χ4n) is 1.67. The molecule has 0 heterocycles. The summed E-state index contributed by atoms with van der Waals surface area (Å²) >= 11 is 0. The molecule has 0 saturated carbocycles. The number of aliphatic hydroxyl groups excluding tert-OH is 1. The Morgan fingerprint density at radius 2 is 2.00 bits per heavy atom. The molecule has 0 aliphatic carbocycles. The van der Waals surface area contributed by atoms with Crippen molar-refractivity contribution in [3.05, 3.63) is 35.6 Å². The molecule has 1 unspecified atom stereocenters. The highest BCUT2D eigenvalue weighted by Crippen LogP contribution is 2.12. The Morgan fingerprint density at radius 3 is 2.63 bits per heavy atom. The van der Waals surface area contributed by atoms with Gasteiger partial charge < -0.3 is 20.1 Å². The molecule has 1 atom stereocenters. The van der Waals surface area contributed by atoms with Gasteiger partial charge in [0.25, 0.3) is 0 Å². The summed E-state index contributed by atoms with van der Waals surface area (Å²) in [6, 6.07) is 5.92. The van der Waals surface area contributed by atoms with Crippen LogP contribution in [0.25, 0.3) is 0 Å². The highest BCUT2D eigenvalue weighted by molar-refractivity contribution is 5.18. The number of methoxy groups -OCH3 is 1. The van der Waals surface area contributed by atoms with Crippen molar-refractivity contribution >= 4 is 0 Å². The third-order valence-corrected chi connectivity index (χ3v) is 2.94. The van der Waals surface area contributed by atoms with Crippen molar-refractivity contribution in [1.82, 2.24) is 10.2 Å². The third-order valence-electron chi connectivity index (χ3n) is 2.94. The van der Waals surface area contributed by atoms with Gasteiger partial charge in [-0.3, -0.25) is 0 Å². The van der Waals surface area contributed by atoms with E-state index in [1.165, 1.54) is 12.1 Å². The van der Waals surface area contributed by atoms with Crippen LogP contribution in [0.1, 0.15) is 11.7 Å². The van der Waals surface area contributed by atoms with Gasteiger partial charge in [-0.1, -0.05) is 12.1 Å². The second-order valence-electron chi connectivity index (χ2n) is 4.57. The van der Waals surface area contributed by atoms with Gasteiger partial charge in [0, 0.05) is 33.3 Å². The molecule has 0 aromatic heterocycles. The van der Waals surface area contributed by atoms with Gasteiger partial charge in [0.15, 0.2) is 0 Å². The van der Waals surface area contributed by atoms with E-state index in [4.69, 9.17) is 4.74 Å². The molecule has 0 aliphatic heterocycles. The van der Waals surface area contributed by atoms with E-state index < -0.39 is 6.10 Å². The summed E-state index contributed by atoms with van der Waals surface area (Å²) in [5.74, 6) is -0.288. The molecule has 1 rings (SSSR count). The van der Waals surface area contributed by atoms with Gasteiger partial charge >= 0.3 is 0 Å². The molecule has 108 valence electrons. The maximum absolute atomic E-state index is 12.7. The van der Waals surface area contributed by atoms with Crippen molar-refractivity contribution in [2.75, 3.05) is 46.9 Å². The van der Waals surface area contributed by atoms with E-state index in [2.05, 4.69) is 10.2 Å². The van der Waals surface area contributed by atoms with Gasteiger partial charge in [-0.2, -0.15) is 0 Å². The molecule has 19 heavy (non-hydrogen) atoms. The van der Waals surface area contributed by atoms with Gasteiger partial charge in [-0.25, -0.2) is 4.39 Å². The number of ether oxygens (including phenoxy) is 1. The van der Waals surface area contributed by atoms with E-state index in [0.29, 0.717) is 13.2 Å². The number of hydrogen-bond donors (Lipinski definition) is 2. The smallest absolute Gasteiger partial charge is 0.123 e. The lowest BCUT2D eigenvalue weighted by Gasteiger charge is -2.17. The predicted molar refractivity (Wildman–Crippen MR) is 73.6 cm³/mol. The number of nitrogens with zero attached hydrogens (tertiary/aromatic N) is 1. The standard InChI is InChI=1S/C14H23FN2O2/c1-17(9-10-19-2)8-7-16-11-14(18)12-3-5-13(15)6-4-12/h3-6,14,16,18H,7-11H2,1-2H3. The van der Waals surface area contributed by atoms with E-state index in [-0.39, 0.29) is 5.82 Å². The van der Waals surface area contributed by atoms with E-state index in [0.717, 1.165) is 25.2 Å². The molecule has 1 aromatic carbocycles. The highest BCUT2D eigenvalue weighted by atomic mass is 19.1. The van der Waals surface area contributed by atoms with Crippen molar-refractivity contribution in [3.63, 3.8) is 0 Å². The molecule has 0 radical (unpaired) electrons. The second-order valence-corrected chi connectivity index (χ2v) is 4.57. The fraction of sp³-hybridized carbons (Fsp3) is 0.571. The van der Waals surface area contributed by atoms with Crippen LogP contribution in [0.2, 0.25) is 0 Å². The van der Waals surface area contributed by atoms with Crippen molar-refractivity contribution in [2.45, 2.75) is 6.10 Å². The van der Waals surface area contributed by atoms with Crippen LogP contribution in [0, 0.1) is 5.82 Å². The molecule has 0 spiro atoms. The van der Waals surface area contributed by atoms with Crippen molar-refractivity contribution in [1.29, 1.82) is 0 Å². The zero-order valence-electron chi connectivity index (χ0n) is 11.6. The molecule has 0 amide bonds. The zero-order valence-corrected chi connectivity index (χ0v) is 11.6. The van der Waals surface area contributed by atoms with Gasteiger partial charge in [-0.05, 0) is 24.7 Å². The Morgan fingerprint density at radius 1 is 1.32 bits per heavy atom. The number of hydrogen-bond acceptors (Lipinski definition) is 4. The van der Waals surface area contributed by atoms with E-state index in [9.17, 15) is 9.50 Å². The number of halogens is 1. The molecule has 0 bridgehead atoms. The first-order valence-electron chi connectivity index (χ1n) is 6.45. The minimum atomic E-state index is -0.607. The van der Waals surface area contributed by atoms with Gasteiger partial charge in [0.05, 0.1) is 12.7 Å². The maximum atomic E-state index is 12.7. The Labute approximate surface area is 114 Å². The Balaban J connectivity index is 2.16. The Hall–Kier alpha value is -1.01. The summed E-state index contributed by atoms with van der Waals surface area (Å²) in [4.78, 5) is 2.15. The van der Waals surface area contributed by atoms with Crippen LogP contribution in [0.5, 0.6) is 0 Å². The van der Waals surface area contributed by atoms with Crippen LogP contribution in [0.3, 0.4) is 0 Å². The van der Waals surface area contributed by atoms with Crippen LogP contribution in [0.4, 0.5) is 4.39 Å². The minimum absolute atomic E-state index is 0.288. The molecular weight excluding hydrogens is 247 g/mol. The monoisotopic (exact) mass is 270 g/mol. The summed E-state index contributed by atoms with van der Waals surface area (Å²) in [5.41, 5.74) is 0.724. The average molecular weight is 270 g/mol. The molecular formula is C14H23FN2O2. The van der Waals surface area contributed by atoms with Crippen LogP contribution in [0.15, 0.2) is 24.3 Å². The van der Waals surface area contributed by atoms with Crippen molar-refractivity contribution < 1.29 is 14.2 Å². The van der Waals surface area contributed by atoms with Crippen LogP contribution in [-0.2, 0) is 4.74 Å². The largest absolute Gasteiger partial charge is 0.387 e. The number of rotatable bonds is 9. The highest BCUT2D eigenvalue weighted by Gasteiger charge is 2.07. The Bertz CT molecular complexity index is 346. The number of benzene rings is 1. The normalized spacial score (nSPS) is 12.9. The maximum Gasteiger partial charge on any atom is 0.123 e. The molecule has 2 N–H and O–H groups in total. The second kappa shape index (κ2) is 8.98. The quantitative estimate of drug-likeness (QED) is 0.658. The summed E-state index contributed by atoms with van der Waals surface area (Å²) in [6.45, 7) is 3.75. The van der Waals surface area contributed by atoms with E-state index >= 15 is 0 Å². The summed E-state index contributed by atoms with van der Waals surface area (Å²) in [6.07, 6.45) is -0.607. The molecule has 0 saturated heterocycles. The first kappa shape index (κ1) is 16.0. The molecule has 0 aliphatic rings. The molecule has 0 fully saturated rings.